The first kappa shape index (κ1) is 28.9. The zero-order valence-electron chi connectivity index (χ0n) is 23.6. The maximum absolute atomic E-state index is 13.8. The molecule has 4 aromatic rings. The molecule has 2 aromatic heterocycles. The number of carbonyl (C=O) groups excluding carboxylic acids is 1. The Hall–Kier alpha value is -4.65. The van der Waals surface area contributed by atoms with Crippen molar-refractivity contribution in [3.8, 4) is 5.82 Å². The molecule has 0 radical (unpaired) electrons. The first-order valence-electron chi connectivity index (χ1n) is 13.3. The molecule has 3 heterocycles. The van der Waals surface area contributed by atoms with E-state index in [1.807, 2.05) is 32.9 Å². The van der Waals surface area contributed by atoms with Gasteiger partial charge >= 0.3 is 6.18 Å². The highest BCUT2D eigenvalue weighted by Gasteiger charge is 2.33. The predicted octanol–water partition coefficient (Wildman–Crippen LogP) is 5.56. The normalized spacial score (nSPS) is 15.4. The van der Waals surface area contributed by atoms with Crippen molar-refractivity contribution >= 4 is 34.6 Å². The van der Waals surface area contributed by atoms with E-state index in [9.17, 15) is 18.0 Å². The zero-order chi connectivity index (χ0) is 30.0. The second-order valence-electron chi connectivity index (χ2n) is 10.1. The molecule has 1 aliphatic heterocycles. The Labute approximate surface area is 240 Å². The summed E-state index contributed by atoms with van der Waals surface area (Å²) in [7, 11) is 1.76. The summed E-state index contributed by atoms with van der Waals surface area (Å²) in [6.45, 7) is 6.86. The Morgan fingerprint density at radius 3 is 2.62 bits per heavy atom. The van der Waals surface area contributed by atoms with Crippen LogP contribution in [0.15, 0.2) is 54.9 Å². The molecule has 0 unspecified atom stereocenters. The Balaban J connectivity index is 1.41. The molecule has 1 atom stereocenters. The number of morpholine rings is 1. The molecular weight excluding hydrogens is 549 g/mol. The maximum Gasteiger partial charge on any atom is 0.416 e. The van der Waals surface area contributed by atoms with Crippen LogP contribution in [-0.4, -0.2) is 58.5 Å². The van der Waals surface area contributed by atoms with Gasteiger partial charge in [0.15, 0.2) is 5.82 Å². The number of halogens is 3. The van der Waals surface area contributed by atoms with E-state index < -0.39 is 17.6 Å². The van der Waals surface area contributed by atoms with Gasteiger partial charge in [-0.15, -0.1) is 0 Å². The molecule has 220 valence electrons. The van der Waals surface area contributed by atoms with E-state index in [-0.39, 0.29) is 11.7 Å². The average Bonchev–Trinajstić information content (AvgIpc) is 3.33. The highest BCUT2D eigenvalue weighted by atomic mass is 19.4. The van der Waals surface area contributed by atoms with Gasteiger partial charge in [0.2, 0.25) is 0 Å². The monoisotopic (exact) mass is 580 g/mol. The lowest BCUT2D eigenvalue weighted by Gasteiger charge is -2.33. The summed E-state index contributed by atoms with van der Waals surface area (Å²) in [5.41, 5.74) is 2.06. The molecule has 1 fully saturated rings. The van der Waals surface area contributed by atoms with E-state index in [0.29, 0.717) is 54.2 Å². The van der Waals surface area contributed by atoms with Crippen LogP contribution in [0.2, 0.25) is 0 Å². The highest BCUT2D eigenvalue weighted by Crippen LogP contribution is 2.34. The summed E-state index contributed by atoms with van der Waals surface area (Å²) in [5.74, 6) is 1.14. The van der Waals surface area contributed by atoms with Crippen LogP contribution in [0.25, 0.3) is 5.82 Å². The van der Waals surface area contributed by atoms with Crippen LogP contribution >= 0.6 is 0 Å². The molecule has 0 bridgehead atoms. The Kier molecular flexibility index (Phi) is 8.03. The fourth-order valence-electron chi connectivity index (χ4n) is 4.68. The number of nitrogens with zero attached hydrogens (tertiary/aromatic N) is 5. The molecule has 3 N–H and O–H groups in total. The molecular formula is C29H31F3N8O2. The van der Waals surface area contributed by atoms with Gasteiger partial charge in [0.05, 0.1) is 24.0 Å². The maximum atomic E-state index is 13.8. The average molecular weight is 581 g/mol. The van der Waals surface area contributed by atoms with Crippen molar-refractivity contribution < 1.29 is 22.7 Å². The van der Waals surface area contributed by atoms with Crippen molar-refractivity contribution in [3.05, 3.63) is 77.2 Å². The van der Waals surface area contributed by atoms with Crippen molar-refractivity contribution in [1.82, 2.24) is 19.7 Å². The van der Waals surface area contributed by atoms with Crippen LogP contribution in [0.5, 0.6) is 0 Å². The summed E-state index contributed by atoms with van der Waals surface area (Å²) in [6.07, 6.45) is -3.31. The fraction of sp³-hybridized carbons (Fsp3) is 0.310. The SMILES string of the molecule is CNc1cc(-n2nc(C)cc2Nc2cc(NC(=O)c3cc(N4CCO[C@@H](C)C4)cc(C(F)(F)F)c3)ccc2C)ncn1. The standard InChI is InChI=1S/C29H31F3N8O2/c1-17-5-6-22(13-24(17)37-27-9-18(2)38-40(27)26-14-25(33-4)34-16-35-26)36-28(41)20-10-21(29(30,31)32)12-23(11-20)39-7-8-42-19(3)15-39/h5-6,9-14,16,19,37H,7-8,15H2,1-4H3,(H,36,41)(H,33,34,35)/t19-/m0/s1. The number of ether oxygens (including phenoxy) is 1. The zero-order valence-corrected chi connectivity index (χ0v) is 23.6. The minimum atomic E-state index is -4.61. The van der Waals surface area contributed by atoms with E-state index in [0.717, 1.165) is 23.4 Å². The molecule has 10 nitrogen and oxygen atoms in total. The first-order valence-corrected chi connectivity index (χ1v) is 13.3. The number of hydrogen-bond donors (Lipinski definition) is 3. The summed E-state index contributed by atoms with van der Waals surface area (Å²) < 4.78 is 48.5. The number of carbonyl (C=O) groups is 1. The number of amides is 1. The molecule has 1 amide bonds. The quantitative estimate of drug-likeness (QED) is 0.261. The smallest absolute Gasteiger partial charge is 0.375 e. The summed E-state index contributed by atoms with van der Waals surface area (Å²) in [5, 5.41) is 13.6. The van der Waals surface area contributed by atoms with Gasteiger partial charge in [0.1, 0.15) is 18.0 Å². The van der Waals surface area contributed by atoms with Gasteiger partial charge in [-0.1, -0.05) is 6.07 Å². The minimum Gasteiger partial charge on any atom is -0.375 e. The third kappa shape index (κ3) is 6.46. The second kappa shape index (κ2) is 11.7. The molecule has 0 saturated carbocycles. The number of rotatable bonds is 7. The van der Waals surface area contributed by atoms with Crippen LogP contribution in [0.3, 0.4) is 0 Å². The summed E-state index contributed by atoms with van der Waals surface area (Å²) >= 11 is 0. The van der Waals surface area contributed by atoms with Gasteiger partial charge in [0.25, 0.3) is 5.91 Å². The number of hydrogen-bond acceptors (Lipinski definition) is 8. The van der Waals surface area contributed by atoms with Gasteiger partial charge < -0.3 is 25.6 Å². The lowest BCUT2D eigenvalue weighted by Crippen LogP contribution is -2.41. The summed E-state index contributed by atoms with van der Waals surface area (Å²) in [4.78, 5) is 23.5. The van der Waals surface area contributed by atoms with E-state index >= 15 is 0 Å². The number of anilines is 5. The predicted molar refractivity (Wildman–Crippen MR) is 155 cm³/mol. The summed E-state index contributed by atoms with van der Waals surface area (Å²) in [6, 6.07) is 12.3. The molecule has 0 aliphatic carbocycles. The molecule has 5 rings (SSSR count). The van der Waals surface area contributed by atoms with Crippen molar-refractivity contribution in [2.45, 2.75) is 33.1 Å². The van der Waals surface area contributed by atoms with Crippen LogP contribution in [0.1, 0.15) is 34.1 Å². The molecule has 1 aliphatic rings. The van der Waals surface area contributed by atoms with Crippen molar-refractivity contribution in [1.29, 1.82) is 0 Å². The van der Waals surface area contributed by atoms with Crippen molar-refractivity contribution in [2.24, 2.45) is 0 Å². The largest absolute Gasteiger partial charge is 0.416 e. The minimum absolute atomic E-state index is 0.0909. The number of aryl methyl sites for hydroxylation is 2. The number of alkyl halides is 3. The number of aromatic nitrogens is 4. The van der Waals surface area contributed by atoms with Gasteiger partial charge in [-0.3, -0.25) is 4.79 Å². The van der Waals surface area contributed by atoms with Crippen molar-refractivity contribution in [2.75, 3.05) is 47.6 Å². The topological polar surface area (TPSA) is 109 Å². The molecule has 2 aromatic carbocycles. The highest BCUT2D eigenvalue weighted by molar-refractivity contribution is 6.05. The van der Waals surface area contributed by atoms with Gasteiger partial charge in [-0.05, 0) is 56.7 Å². The van der Waals surface area contributed by atoms with Gasteiger partial charge in [-0.2, -0.15) is 23.0 Å². The number of benzene rings is 2. The lowest BCUT2D eigenvalue weighted by atomic mass is 10.1. The molecule has 42 heavy (non-hydrogen) atoms. The van der Waals surface area contributed by atoms with Crippen LogP contribution in [-0.2, 0) is 10.9 Å². The van der Waals surface area contributed by atoms with Crippen molar-refractivity contribution in [3.63, 3.8) is 0 Å². The first-order chi connectivity index (χ1) is 20.0. The van der Waals surface area contributed by atoms with E-state index in [1.54, 1.807) is 34.8 Å². The van der Waals surface area contributed by atoms with Crippen LogP contribution in [0, 0.1) is 13.8 Å². The second-order valence-corrected chi connectivity index (χ2v) is 10.1. The Morgan fingerprint density at radius 1 is 1.07 bits per heavy atom. The van der Waals surface area contributed by atoms with E-state index in [1.165, 1.54) is 12.4 Å². The van der Waals surface area contributed by atoms with Crippen LogP contribution < -0.4 is 20.9 Å². The fourth-order valence-corrected chi connectivity index (χ4v) is 4.68. The molecule has 13 heteroatoms. The van der Waals surface area contributed by atoms with E-state index in [4.69, 9.17) is 4.74 Å². The third-order valence-corrected chi connectivity index (χ3v) is 6.83. The molecule has 0 spiro atoms. The Morgan fingerprint density at radius 2 is 1.88 bits per heavy atom. The van der Waals surface area contributed by atoms with Gasteiger partial charge in [0, 0.05) is 54.9 Å². The Bertz CT molecular complexity index is 1600. The molecule has 1 saturated heterocycles. The third-order valence-electron chi connectivity index (χ3n) is 6.83. The van der Waals surface area contributed by atoms with Crippen LogP contribution in [0.4, 0.5) is 41.9 Å². The van der Waals surface area contributed by atoms with E-state index in [2.05, 4.69) is 31.0 Å². The van der Waals surface area contributed by atoms with Gasteiger partial charge in [-0.25, -0.2) is 9.97 Å². The lowest BCUT2D eigenvalue weighted by molar-refractivity contribution is -0.137. The number of nitrogens with one attached hydrogen (secondary N) is 3.